The van der Waals surface area contributed by atoms with Gasteiger partial charge in [0.15, 0.2) is 0 Å². The van der Waals surface area contributed by atoms with Crippen molar-refractivity contribution in [3.8, 4) is 0 Å². The van der Waals surface area contributed by atoms with Gasteiger partial charge in [0.1, 0.15) is 6.61 Å². The predicted octanol–water partition coefficient (Wildman–Crippen LogP) is 4.81. The molecule has 2 aromatic carbocycles. The molecule has 1 heterocycles. The number of ether oxygens (including phenoxy) is 1. The molecule has 0 bridgehead atoms. The minimum Gasteiger partial charge on any atom is -0.382 e. The van der Waals surface area contributed by atoms with E-state index >= 15 is 0 Å². The maximum absolute atomic E-state index is 12.7. The van der Waals surface area contributed by atoms with Gasteiger partial charge in [0.25, 0.3) is 0 Å². The van der Waals surface area contributed by atoms with Crippen molar-refractivity contribution in [1.29, 1.82) is 0 Å². The number of hydrogen-bond acceptors (Lipinski definition) is 5. The summed E-state index contributed by atoms with van der Waals surface area (Å²) in [6, 6.07) is 17.7. The molecule has 32 heavy (non-hydrogen) atoms. The van der Waals surface area contributed by atoms with Crippen molar-refractivity contribution in [2.45, 2.75) is 49.6 Å². The molecule has 2 aliphatic rings. The first-order valence-corrected chi connectivity index (χ1v) is 12.9. The van der Waals surface area contributed by atoms with Crippen LogP contribution >= 0.6 is 11.8 Å². The number of carbonyl (C=O) groups excluding carboxylic acids is 1. The first-order chi connectivity index (χ1) is 15.6. The summed E-state index contributed by atoms with van der Waals surface area (Å²) in [6.07, 6.45) is 6.48. The molecule has 1 saturated heterocycles. The molecule has 2 fully saturated rings. The van der Waals surface area contributed by atoms with Crippen LogP contribution in [0, 0.1) is 6.92 Å². The van der Waals surface area contributed by atoms with E-state index in [1.807, 2.05) is 4.90 Å². The number of rotatable bonds is 7. The van der Waals surface area contributed by atoms with Crippen molar-refractivity contribution in [3.63, 3.8) is 0 Å². The molecule has 1 N–H and O–H groups in total. The molecule has 0 unspecified atom stereocenters. The van der Waals surface area contributed by atoms with Gasteiger partial charge in [0.05, 0.1) is 6.10 Å². The lowest BCUT2D eigenvalue weighted by Gasteiger charge is -2.36. The molecule has 172 valence electrons. The van der Waals surface area contributed by atoms with Crippen LogP contribution in [0.3, 0.4) is 0 Å². The summed E-state index contributed by atoms with van der Waals surface area (Å²) < 4.78 is 6.02. The van der Waals surface area contributed by atoms with Crippen molar-refractivity contribution in [2.75, 3.05) is 49.3 Å². The number of amides is 1. The van der Waals surface area contributed by atoms with E-state index in [0.29, 0.717) is 6.04 Å². The summed E-state index contributed by atoms with van der Waals surface area (Å²) in [5, 5.41) is 3.65. The van der Waals surface area contributed by atoms with E-state index in [-0.39, 0.29) is 18.6 Å². The Balaban J connectivity index is 1.14. The fourth-order valence-corrected chi connectivity index (χ4v) is 4.96. The van der Waals surface area contributed by atoms with Gasteiger partial charge in [-0.1, -0.05) is 17.7 Å². The van der Waals surface area contributed by atoms with Gasteiger partial charge in [-0.05, 0) is 75.3 Å². The van der Waals surface area contributed by atoms with E-state index in [1.54, 1.807) is 11.8 Å². The van der Waals surface area contributed by atoms with Crippen molar-refractivity contribution in [1.82, 2.24) is 4.90 Å². The molecule has 1 aliphatic carbocycles. The molecule has 4 rings (SSSR count). The SMILES string of the molecule is CSc1ccc(NC2CCC(OCC(=O)N3CCN(c4ccc(C)cc4)CC3)CC2)cc1. The van der Waals surface area contributed by atoms with E-state index in [2.05, 4.69) is 71.9 Å². The fourth-order valence-electron chi connectivity index (χ4n) is 4.55. The van der Waals surface area contributed by atoms with E-state index in [4.69, 9.17) is 4.74 Å². The van der Waals surface area contributed by atoms with Gasteiger partial charge in [-0.2, -0.15) is 0 Å². The first kappa shape index (κ1) is 23.0. The summed E-state index contributed by atoms with van der Waals surface area (Å²) in [5.41, 5.74) is 3.70. The Labute approximate surface area is 196 Å². The van der Waals surface area contributed by atoms with Crippen molar-refractivity contribution >= 4 is 29.0 Å². The van der Waals surface area contributed by atoms with E-state index in [9.17, 15) is 4.79 Å². The van der Waals surface area contributed by atoms with Gasteiger partial charge in [-0.15, -0.1) is 11.8 Å². The summed E-state index contributed by atoms with van der Waals surface area (Å²) in [4.78, 5) is 18.2. The number of anilines is 2. The standard InChI is InChI=1S/C26H35N3O2S/c1-20-3-9-23(10-4-20)28-15-17-29(18-16-28)26(30)19-31-24-11-5-21(6-12-24)27-22-7-13-25(32-2)14-8-22/h3-4,7-10,13-14,21,24,27H,5-6,11-12,15-19H2,1-2H3. The van der Waals surface area contributed by atoms with E-state index in [0.717, 1.165) is 51.9 Å². The Hall–Kier alpha value is -2.18. The number of thioether (sulfide) groups is 1. The molecule has 0 atom stereocenters. The van der Waals surface area contributed by atoms with Crippen LogP contribution in [-0.4, -0.2) is 62.0 Å². The number of aryl methyl sites for hydroxylation is 1. The van der Waals surface area contributed by atoms with Crippen LogP contribution in [0.1, 0.15) is 31.2 Å². The highest BCUT2D eigenvalue weighted by Crippen LogP contribution is 2.25. The maximum Gasteiger partial charge on any atom is 0.248 e. The average molecular weight is 454 g/mol. The van der Waals surface area contributed by atoms with Crippen LogP contribution in [0.4, 0.5) is 11.4 Å². The normalized spacial score (nSPS) is 21.4. The zero-order chi connectivity index (χ0) is 22.3. The fraction of sp³-hybridized carbons (Fsp3) is 0.500. The highest BCUT2D eigenvalue weighted by molar-refractivity contribution is 7.98. The Bertz CT molecular complexity index is 856. The largest absolute Gasteiger partial charge is 0.382 e. The number of hydrogen-bond donors (Lipinski definition) is 1. The Morgan fingerprint density at radius 1 is 0.969 bits per heavy atom. The molecule has 5 nitrogen and oxygen atoms in total. The lowest BCUT2D eigenvalue weighted by atomic mass is 9.93. The molecule has 2 aromatic rings. The second-order valence-electron chi connectivity index (χ2n) is 8.86. The van der Waals surface area contributed by atoms with Crippen molar-refractivity contribution in [3.05, 3.63) is 54.1 Å². The summed E-state index contributed by atoms with van der Waals surface area (Å²) in [6.45, 7) is 5.61. The smallest absolute Gasteiger partial charge is 0.248 e. The molecular formula is C26H35N3O2S. The molecule has 1 saturated carbocycles. The zero-order valence-corrected chi connectivity index (χ0v) is 20.1. The van der Waals surface area contributed by atoms with Crippen molar-refractivity contribution in [2.24, 2.45) is 0 Å². The second-order valence-corrected chi connectivity index (χ2v) is 9.74. The maximum atomic E-state index is 12.7. The van der Waals surface area contributed by atoms with Crippen LogP contribution in [0.5, 0.6) is 0 Å². The third-order valence-corrected chi connectivity index (χ3v) is 7.35. The lowest BCUT2D eigenvalue weighted by Crippen LogP contribution is -2.50. The number of nitrogens with zero attached hydrogens (tertiary/aromatic N) is 2. The molecule has 0 aromatic heterocycles. The highest BCUT2D eigenvalue weighted by Gasteiger charge is 2.25. The van der Waals surface area contributed by atoms with Crippen LogP contribution in [0.15, 0.2) is 53.4 Å². The topological polar surface area (TPSA) is 44.8 Å². The quantitative estimate of drug-likeness (QED) is 0.610. The monoisotopic (exact) mass is 453 g/mol. The molecule has 0 radical (unpaired) electrons. The Morgan fingerprint density at radius 2 is 1.62 bits per heavy atom. The van der Waals surface area contributed by atoms with Crippen LogP contribution in [-0.2, 0) is 9.53 Å². The Kier molecular flexibility index (Phi) is 7.98. The van der Waals surface area contributed by atoms with Gasteiger partial charge in [0, 0.05) is 48.5 Å². The van der Waals surface area contributed by atoms with Gasteiger partial charge < -0.3 is 19.9 Å². The third-order valence-electron chi connectivity index (χ3n) is 6.61. The van der Waals surface area contributed by atoms with E-state index < -0.39 is 0 Å². The molecule has 1 amide bonds. The van der Waals surface area contributed by atoms with Crippen LogP contribution < -0.4 is 10.2 Å². The zero-order valence-electron chi connectivity index (χ0n) is 19.3. The number of piperazine rings is 1. The van der Waals surface area contributed by atoms with E-state index in [1.165, 1.54) is 21.8 Å². The molecule has 0 spiro atoms. The molecular weight excluding hydrogens is 418 g/mol. The van der Waals surface area contributed by atoms with Crippen LogP contribution in [0.25, 0.3) is 0 Å². The minimum atomic E-state index is 0.127. The minimum absolute atomic E-state index is 0.127. The first-order valence-electron chi connectivity index (χ1n) is 11.7. The lowest BCUT2D eigenvalue weighted by molar-refractivity contribution is -0.139. The summed E-state index contributed by atoms with van der Waals surface area (Å²) in [5.74, 6) is 0.127. The molecule has 6 heteroatoms. The van der Waals surface area contributed by atoms with Crippen molar-refractivity contribution < 1.29 is 9.53 Å². The molecule has 1 aliphatic heterocycles. The number of carbonyl (C=O) groups is 1. The van der Waals surface area contributed by atoms with Gasteiger partial charge in [-0.3, -0.25) is 4.79 Å². The van der Waals surface area contributed by atoms with Gasteiger partial charge >= 0.3 is 0 Å². The summed E-state index contributed by atoms with van der Waals surface area (Å²) in [7, 11) is 0. The Morgan fingerprint density at radius 3 is 2.25 bits per heavy atom. The summed E-state index contributed by atoms with van der Waals surface area (Å²) >= 11 is 1.76. The van der Waals surface area contributed by atoms with Gasteiger partial charge in [-0.25, -0.2) is 0 Å². The van der Waals surface area contributed by atoms with Gasteiger partial charge in [0.2, 0.25) is 5.91 Å². The average Bonchev–Trinajstić information content (AvgIpc) is 2.84. The third kappa shape index (κ3) is 6.20. The number of benzene rings is 2. The highest BCUT2D eigenvalue weighted by atomic mass is 32.2. The number of nitrogens with one attached hydrogen (secondary N) is 1. The predicted molar refractivity (Wildman–Crippen MR) is 134 cm³/mol. The second kappa shape index (κ2) is 11.1. The van der Waals surface area contributed by atoms with Crippen LogP contribution in [0.2, 0.25) is 0 Å².